The number of benzene rings is 1. The van der Waals surface area contributed by atoms with Crippen molar-refractivity contribution in [3.8, 4) is 16.9 Å². The fraction of sp³-hybridized carbons (Fsp3) is 0.353. The van der Waals surface area contributed by atoms with Gasteiger partial charge >= 0.3 is 0 Å². The van der Waals surface area contributed by atoms with Gasteiger partial charge in [-0.1, -0.05) is 0 Å². The highest BCUT2D eigenvalue weighted by atomic mass is 16.5. The molecule has 1 aliphatic heterocycles. The SMILES string of the molecule is COc1cc(N2CCN(C)CC2)ccc1-c1cccnc1N. The molecular weight excluding hydrogens is 276 g/mol. The van der Waals surface area contributed by atoms with Gasteiger partial charge in [-0.15, -0.1) is 0 Å². The monoisotopic (exact) mass is 298 g/mol. The summed E-state index contributed by atoms with van der Waals surface area (Å²) in [6, 6.07) is 10.2. The number of nitrogen functional groups attached to an aromatic ring is 1. The third-order valence-corrected chi connectivity index (χ3v) is 4.18. The number of anilines is 2. The van der Waals surface area contributed by atoms with Gasteiger partial charge in [-0.05, 0) is 31.3 Å². The first-order valence-corrected chi connectivity index (χ1v) is 7.51. The van der Waals surface area contributed by atoms with Crippen molar-refractivity contribution in [1.82, 2.24) is 9.88 Å². The molecule has 0 amide bonds. The van der Waals surface area contributed by atoms with E-state index in [0.717, 1.165) is 43.1 Å². The van der Waals surface area contributed by atoms with Gasteiger partial charge in [0.1, 0.15) is 11.6 Å². The number of likely N-dealkylation sites (N-methyl/N-ethyl adjacent to an activating group) is 1. The Morgan fingerprint density at radius 3 is 2.55 bits per heavy atom. The number of nitrogens with two attached hydrogens (primary N) is 1. The molecule has 2 N–H and O–H groups in total. The molecule has 2 aromatic rings. The Bertz CT molecular complexity index is 651. The molecule has 0 aliphatic carbocycles. The Morgan fingerprint density at radius 2 is 1.86 bits per heavy atom. The van der Waals surface area contributed by atoms with Crippen LogP contribution < -0.4 is 15.4 Å². The molecule has 3 rings (SSSR count). The van der Waals surface area contributed by atoms with Gasteiger partial charge in [-0.3, -0.25) is 0 Å². The van der Waals surface area contributed by atoms with Crippen molar-refractivity contribution in [2.24, 2.45) is 0 Å². The minimum Gasteiger partial charge on any atom is -0.496 e. The van der Waals surface area contributed by atoms with Gasteiger partial charge in [0.15, 0.2) is 0 Å². The molecule has 1 aliphatic rings. The molecule has 0 bridgehead atoms. The van der Waals surface area contributed by atoms with Gasteiger partial charge in [0.25, 0.3) is 0 Å². The number of hydrogen-bond donors (Lipinski definition) is 1. The van der Waals surface area contributed by atoms with Crippen LogP contribution in [0.25, 0.3) is 11.1 Å². The standard InChI is InChI=1S/C17H22N4O/c1-20-8-10-21(11-9-20)13-5-6-14(16(12-13)22-2)15-4-3-7-19-17(15)18/h3-7,12H,8-11H2,1-2H3,(H2,18,19). The average molecular weight is 298 g/mol. The van der Waals surface area contributed by atoms with Crippen LogP contribution in [0.15, 0.2) is 36.5 Å². The highest BCUT2D eigenvalue weighted by molar-refractivity contribution is 5.80. The molecule has 0 atom stereocenters. The number of hydrogen-bond acceptors (Lipinski definition) is 5. The number of pyridine rings is 1. The second kappa shape index (κ2) is 6.23. The van der Waals surface area contributed by atoms with Gasteiger partial charge in [0, 0.05) is 55.3 Å². The minimum atomic E-state index is 0.521. The molecule has 1 aromatic carbocycles. The molecule has 1 fully saturated rings. The first-order valence-electron chi connectivity index (χ1n) is 7.51. The lowest BCUT2D eigenvalue weighted by Crippen LogP contribution is -2.44. The maximum absolute atomic E-state index is 5.99. The highest BCUT2D eigenvalue weighted by Gasteiger charge is 2.17. The smallest absolute Gasteiger partial charge is 0.131 e. The van der Waals surface area contributed by atoms with E-state index in [9.17, 15) is 0 Å². The Labute approximate surface area is 131 Å². The van der Waals surface area contributed by atoms with Gasteiger partial charge in [0.2, 0.25) is 0 Å². The predicted molar refractivity (Wildman–Crippen MR) is 90.3 cm³/mol. The quantitative estimate of drug-likeness (QED) is 0.940. The summed E-state index contributed by atoms with van der Waals surface area (Å²) < 4.78 is 5.59. The molecule has 116 valence electrons. The Kier molecular flexibility index (Phi) is 4.15. The van der Waals surface area contributed by atoms with Crippen molar-refractivity contribution in [3.63, 3.8) is 0 Å². The summed E-state index contributed by atoms with van der Waals surface area (Å²) in [4.78, 5) is 8.89. The topological polar surface area (TPSA) is 54.6 Å². The first kappa shape index (κ1) is 14.7. The van der Waals surface area contributed by atoms with Crippen LogP contribution in [0.1, 0.15) is 0 Å². The zero-order chi connectivity index (χ0) is 15.5. The predicted octanol–water partition coefficient (Wildman–Crippen LogP) is 2.09. The van der Waals surface area contributed by atoms with Crippen LogP contribution in [-0.4, -0.2) is 50.2 Å². The molecule has 1 aromatic heterocycles. The summed E-state index contributed by atoms with van der Waals surface area (Å²) in [6.07, 6.45) is 1.70. The van der Waals surface area contributed by atoms with Crippen LogP contribution >= 0.6 is 0 Å². The van der Waals surface area contributed by atoms with Crippen molar-refractivity contribution in [1.29, 1.82) is 0 Å². The fourth-order valence-electron chi connectivity index (χ4n) is 2.81. The van der Waals surface area contributed by atoms with E-state index in [2.05, 4.69) is 40.0 Å². The van der Waals surface area contributed by atoms with Crippen LogP contribution in [0.3, 0.4) is 0 Å². The summed E-state index contributed by atoms with van der Waals surface area (Å²) in [5, 5.41) is 0. The van der Waals surface area contributed by atoms with Crippen molar-refractivity contribution >= 4 is 11.5 Å². The van der Waals surface area contributed by atoms with Crippen molar-refractivity contribution < 1.29 is 4.74 Å². The van der Waals surface area contributed by atoms with Crippen LogP contribution in [0.2, 0.25) is 0 Å². The molecule has 0 radical (unpaired) electrons. The second-order valence-corrected chi connectivity index (χ2v) is 5.61. The van der Waals surface area contributed by atoms with E-state index in [1.54, 1.807) is 13.3 Å². The summed E-state index contributed by atoms with van der Waals surface area (Å²) in [5.41, 5.74) is 9.07. The molecule has 0 saturated carbocycles. The van der Waals surface area contributed by atoms with Crippen molar-refractivity contribution in [2.45, 2.75) is 0 Å². The van der Waals surface area contributed by atoms with Gasteiger partial charge < -0.3 is 20.3 Å². The summed E-state index contributed by atoms with van der Waals surface area (Å²) >= 11 is 0. The molecular formula is C17H22N4O. The van der Waals surface area contributed by atoms with Gasteiger partial charge in [-0.2, -0.15) is 0 Å². The Morgan fingerprint density at radius 1 is 1.09 bits per heavy atom. The number of ether oxygens (including phenoxy) is 1. The van der Waals surface area contributed by atoms with E-state index in [1.165, 1.54) is 5.69 Å². The van der Waals surface area contributed by atoms with Crippen LogP contribution in [0, 0.1) is 0 Å². The lowest BCUT2D eigenvalue weighted by molar-refractivity contribution is 0.312. The maximum Gasteiger partial charge on any atom is 0.131 e. The lowest BCUT2D eigenvalue weighted by atomic mass is 10.0. The maximum atomic E-state index is 5.99. The van der Waals surface area contributed by atoms with Gasteiger partial charge in [-0.25, -0.2) is 4.98 Å². The summed E-state index contributed by atoms with van der Waals surface area (Å²) in [7, 11) is 3.85. The number of aromatic nitrogens is 1. The largest absolute Gasteiger partial charge is 0.496 e. The molecule has 2 heterocycles. The van der Waals surface area contributed by atoms with E-state index in [-0.39, 0.29) is 0 Å². The van der Waals surface area contributed by atoms with E-state index >= 15 is 0 Å². The normalized spacial score (nSPS) is 15.8. The van der Waals surface area contributed by atoms with Gasteiger partial charge in [0.05, 0.1) is 7.11 Å². The molecule has 5 nitrogen and oxygen atoms in total. The number of rotatable bonds is 3. The number of methoxy groups -OCH3 is 1. The minimum absolute atomic E-state index is 0.521. The first-order chi connectivity index (χ1) is 10.7. The zero-order valence-corrected chi connectivity index (χ0v) is 13.1. The van der Waals surface area contributed by atoms with E-state index in [0.29, 0.717) is 5.82 Å². The number of nitrogens with zero attached hydrogens (tertiary/aromatic N) is 3. The van der Waals surface area contributed by atoms with Crippen LogP contribution in [-0.2, 0) is 0 Å². The van der Waals surface area contributed by atoms with Crippen molar-refractivity contribution in [2.75, 3.05) is 51.0 Å². The number of piperazine rings is 1. The molecule has 0 unspecified atom stereocenters. The molecule has 22 heavy (non-hydrogen) atoms. The molecule has 5 heteroatoms. The second-order valence-electron chi connectivity index (χ2n) is 5.61. The molecule has 0 spiro atoms. The third-order valence-electron chi connectivity index (χ3n) is 4.18. The van der Waals surface area contributed by atoms with Crippen LogP contribution in [0.5, 0.6) is 5.75 Å². The van der Waals surface area contributed by atoms with E-state index < -0.39 is 0 Å². The Hall–Kier alpha value is -2.27. The average Bonchev–Trinajstić information content (AvgIpc) is 2.55. The zero-order valence-electron chi connectivity index (χ0n) is 13.1. The summed E-state index contributed by atoms with van der Waals surface area (Å²) in [5.74, 6) is 1.35. The molecule has 1 saturated heterocycles. The Balaban J connectivity index is 1.93. The summed E-state index contributed by atoms with van der Waals surface area (Å²) in [6.45, 7) is 4.24. The van der Waals surface area contributed by atoms with E-state index in [4.69, 9.17) is 10.5 Å². The van der Waals surface area contributed by atoms with Crippen LogP contribution in [0.4, 0.5) is 11.5 Å². The lowest BCUT2D eigenvalue weighted by Gasteiger charge is -2.34. The third kappa shape index (κ3) is 2.85. The van der Waals surface area contributed by atoms with E-state index in [1.807, 2.05) is 12.1 Å². The van der Waals surface area contributed by atoms with Crippen molar-refractivity contribution in [3.05, 3.63) is 36.5 Å². The highest BCUT2D eigenvalue weighted by Crippen LogP contribution is 2.35. The fourth-order valence-corrected chi connectivity index (χ4v) is 2.81.